The summed E-state index contributed by atoms with van der Waals surface area (Å²) in [6.45, 7) is 0.633. The predicted octanol–water partition coefficient (Wildman–Crippen LogP) is 2.78. The number of hydrogen-bond acceptors (Lipinski definition) is 5. The zero-order chi connectivity index (χ0) is 21.9. The van der Waals surface area contributed by atoms with Crippen LogP contribution in [-0.4, -0.2) is 47.9 Å². The van der Waals surface area contributed by atoms with E-state index < -0.39 is 17.3 Å². The van der Waals surface area contributed by atoms with Crippen molar-refractivity contribution < 1.29 is 27.4 Å². The van der Waals surface area contributed by atoms with Crippen molar-refractivity contribution in [2.45, 2.75) is 25.6 Å². The van der Waals surface area contributed by atoms with Crippen molar-refractivity contribution in [3.05, 3.63) is 46.6 Å². The molecule has 0 bridgehead atoms. The van der Waals surface area contributed by atoms with Gasteiger partial charge >= 0.3 is 6.18 Å². The number of alkyl halides is 3. The smallest absolute Gasteiger partial charge is 0.416 e. The van der Waals surface area contributed by atoms with Crippen LogP contribution < -0.4 is 10.3 Å². The van der Waals surface area contributed by atoms with Crippen LogP contribution in [0.25, 0.3) is 11.1 Å². The second kappa shape index (κ2) is 8.86. The molecule has 1 saturated heterocycles. The highest BCUT2D eigenvalue weighted by atomic mass is 19.4. The first kappa shape index (κ1) is 21.8. The molecule has 1 atom stereocenters. The standard InChI is InChI=1S/C20H22F3N3O4/c1-25-6-5-13(7-18(25)27)10-26-11-24-9-16(19(26)28)15-4-3-14(20(21,22)23)8-17(15)30-12-29-2/h3-4,8-9,11,13H,5-7,10,12H2,1-2H3. The van der Waals surface area contributed by atoms with Crippen molar-refractivity contribution in [2.24, 2.45) is 5.92 Å². The van der Waals surface area contributed by atoms with Crippen molar-refractivity contribution in [3.8, 4) is 16.9 Å². The fourth-order valence-corrected chi connectivity index (χ4v) is 3.37. The van der Waals surface area contributed by atoms with Gasteiger partial charge in [-0.3, -0.25) is 14.2 Å². The van der Waals surface area contributed by atoms with Crippen molar-refractivity contribution in [1.82, 2.24) is 14.5 Å². The average Bonchev–Trinajstić information content (AvgIpc) is 2.70. The van der Waals surface area contributed by atoms with Crippen LogP contribution >= 0.6 is 0 Å². The van der Waals surface area contributed by atoms with Crippen LogP contribution in [0, 0.1) is 5.92 Å². The van der Waals surface area contributed by atoms with Crippen LogP contribution in [0.15, 0.2) is 35.5 Å². The summed E-state index contributed by atoms with van der Waals surface area (Å²) in [5, 5.41) is 0. The number of halogens is 3. The summed E-state index contributed by atoms with van der Waals surface area (Å²) >= 11 is 0. The molecule has 0 aliphatic carbocycles. The van der Waals surface area contributed by atoms with E-state index in [-0.39, 0.29) is 35.5 Å². The van der Waals surface area contributed by atoms with Crippen molar-refractivity contribution in [1.29, 1.82) is 0 Å². The summed E-state index contributed by atoms with van der Waals surface area (Å²) < 4.78 is 50.8. The molecule has 1 aliphatic rings. The third-order valence-corrected chi connectivity index (χ3v) is 5.05. The van der Waals surface area contributed by atoms with E-state index in [0.717, 1.165) is 18.6 Å². The molecule has 10 heteroatoms. The fraction of sp³-hybridized carbons (Fsp3) is 0.450. The topological polar surface area (TPSA) is 73.7 Å². The molecule has 1 aromatic heterocycles. The number of ether oxygens (including phenoxy) is 2. The molecule has 0 spiro atoms. The fourth-order valence-electron chi connectivity index (χ4n) is 3.37. The lowest BCUT2D eigenvalue weighted by molar-refractivity contribution is -0.137. The molecular formula is C20H22F3N3O4. The lowest BCUT2D eigenvalue weighted by Crippen LogP contribution is -2.38. The Hall–Kier alpha value is -2.88. The number of benzene rings is 1. The number of carbonyl (C=O) groups excluding carboxylic acids is 1. The summed E-state index contributed by atoms with van der Waals surface area (Å²) in [6, 6.07) is 2.91. The van der Waals surface area contributed by atoms with Crippen molar-refractivity contribution in [2.75, 3.05) is 27.5 Å². The second-order valence-electron chi connectivity index (χ2n) is 7.20. The Bertz CT molecular complexity index is 974. The van der Waals surface area contributed by atoms with E-state index >= 15 is 0 Å². The first-order chi connectivity index (χ1) is 14.2. The second-order valence-corrected chi connectivity index (χ2v) is 7.20. The number of likely N-dealkylation sites (tertiary alicyclic amines) is 1. The number of methoxy groups -OCH3 is 1. The monoisotopic (exact) mass is 425 g/mol. The quantitative estimate of drug-likeness (QED) is 0.666. The molecular weight excluding hydrogens is 403 g/mol. The molecule has 1 unspecified atom stereocenters. The van der Waals surface area contributed by atoms with Gasteiger partial charge in [0, 0.05) is 45.4 Å². The third kappa shape index (κ3) is 4.81. The van der Waals surface area contributed by atoms with Crippen LogP contribution in [0.4, 0.5) is 13.2 Å². The van der Waals surface area contributed by atoms with Crippen LogP contribution in [0.2, 0.25) is 0 Å². The van der Waals surface area contributed by atoms with Gasteiger partial charge < -0.3 is 14.4 Å². The van der Waals surface area contributed by atoms with E-state index in [9.17, 15) is 22.8 Å². The Kier molecular flexibility index (Phi) is 6.45. The van der Waals surface area contributed by atoms with Gasteiger partial charge in [-0.05, 0) is 30.5 Å². The molecule has 1 aliphatic heterocycles. The molecule has 2 aromatic rings. The van der Waals surface area contributed by atoms with E-state index in [1.54, 1.807) is 11.9 Å². The number of hydrogen-bond donors (Lipinski definition) is 0. The highest BCUT2D eigenvalue weighted by Crippen LogP contribution is 2.36. The van der Waals surface area contributed by atoms with Gasteiger partial charge in [-0.15, -0.1) is 0 Å². The Labute approximate surface area is 171 Å². The predicted molar refractivity (Wildman–Crippen MR) is 102 cm³/mol. The number of carbonyl (C=O) groups is 1. The lowest BCUT2D eigenvalue weighted by atomic mass is 9.96. The van der Waals surface area contributed by atoms with Gasteiger partial charge in [-0.25, -0.2) is 4.98 Å². The molecule has 7 nitrogen and oxygen atoms in total. The van der Waals surface area contributed by atoms with Gasteiger partial charge in [0.15, 0.2) is 6.79 Å². The highest BCUT2D eigenvalue weighted by Gasteiger charge is 2.32. The summed E-state index contributed by atoms with van der Waals surface area (Å²) in [5.41, 5.74) is -1.02. The zero-order valence-electron chi connectivity index (χ0n) is 16.6. The SMILES string of the molecule is COCOc1cc(C(F)(F)F)ccc1-c1cncn(CC2CCN(C)C(=O)C2)c1=O. The molecule has 0 N–H and O–H groups in total. The number of aromatic nitrogens is 2. The molecule has 162 valence electrons. The molecule has 1 amide bonds. The summed E-state index contributed by atoms with van der Waals surface area (Å²) in [7, 11) is 3.08. The molecule has 2 heterocycles. The summed E-state index contributed by atoms with van der Waals surface area (Å²) in [4.78, 5) is 30.7. The van der Waals surface area contributed by atoms with E-state index in [2.05, 4.69) is 4.98 Å². The summed E-state index contributed by atoms with van der Waals surface area (Å²) in [5.74, 6) is -0.125. The maximum absolute atomic E-state index is 13.1. The normalized spacial score (nSPS) is 17.3. The molecule has 0 saturated carbocycles. The molecule has 0 radical (unpaired) electrons. The van der Waals surface area contributed by atoms with Gasteiger partial charge in [-0.1, -0.05) is 0 Å². The van der Waals surface area contributed by atoms with E-state index in [1.807, 2.05) is 0 Å². The Morgan fingerprint density at radius 3 is 2.67 bits per heavy atom. The number of amides is 1. The van der Waals surface area contributed by atoms with Gasteiger partial charge in [0.25, 0.3) is 5.56 Å². The first-order valence-electron chi connectivity index (χ1n) is 9.32. The number of nitrogens with zero attached hydrogens (tertiary/aromatic N) is 3. The minimum absolute atomic E-state index is 0.0136. The van der Waals surface area contributed by atoms with Gasteiger partial charge in [0.05, 0.1) is 17.5 Å². The van der Waals surface area contributed by atoms with Gasteiger partial charge in [0.1, 0.15) is 5.75 Å². The average molecular weight is 425 g/mol. The van der Waals surface area contributed by atoms with E-state index in [1.165, 1.54) is 30.3 Å². The number of rotatable bonds is 6. The van der Waals surface area contributed by atoms with Crippen LogP contribution in [0.3, 0.4) is 0 Å². The van der Waals surface area contributed by atoms with Crippen molar-refractivity contribution >= 4 is 5.91 Å². The van der Waals surface area contributed by atoms with Crippen molar-refractivity contribution in [3.63, 3.8) is 0 Å². The Morgan fingerprint density at radius 1 is 1.23 bits per heavy atom. The maximum atomic E-state index is 13.1. The number of piperidine rings is 1. The largest absolute Gasteiger partial charge is 0.467 e. The van der Waals surface area contributed by atoms with Gasteiger partial charge in [0.2, 0.25) is 5.91 Å². The minimum Gasteiger partial charge on any atom is -0.467 e. The third-order valence-electron chi connectivity index (χ3n) is 5.05. The Morgan fingerprint density at radius 2 is 2.00 bits per heavy atom. The molecule has 3 rings (SSSR count). The van der Waals surface area contributed by atoms with E-state index in [4.69, 9.17) is 9.47 Å². The Balaban J connectivity index is 1.95. The molecule has 1 aromatic carbocycles. The van der Waals surface area contributed by atoms with Crippen LogP contribution in [0.5, 0.6) is 5.75 Å². The van der Waals surface area contributed by atoms with Crippen LogP contribution in [-0.2, 0) is 22.3 Å². The van der Waals surface area contributed by atoms with E-state index in [0.29, 0.717) is 19.5 Å². The van der Waals surface area contributed by atoms with Crippen LogP contribution in [0.1, 0.15) is 18.4 Å². The molecule has 30 heavy (non-hydrogen) atoms. The maximum Gasteiger partial charge on any atom is 0.416 e. The van der Waals surface area contributed by atoms with Gasteiger partial charge in [-0.2, -0.15) is 13.2 Å². The highest BCUT2D eigenvalue weighted by molar-refractivity contribution is 5.76. The minimum atomic E-state index is -4.56. The zero-order valence-corrected chi connectivity index (χ0v) is 16.6. The first-order valence-corrected chi connectivity index (χ1v) is 9.32. The molecule has 1 fully saturated rings. The lowest BCUT2D eigenvalue weighted by Gasteiger charge is -2.29. The summed E-state index contributed by atoms with van der Waals surface area (Å²) in [6.07, 6.45) is -0.814.